The molecule has 2 rings (SSSR count). The van der Waals surface area contributed by atoms with Crippen molar-refractivity contribution in [3.63, 3.8) is 0 Å². The zero-order chi connectivity index (χ0) is 14.9. The predicted molar refractivity (Wildman–Crippen MR) is 69.2 cm³/mol. The summed E-state index contributed by atoms with van der Waals surface area (Å²) < 4.78 is 50.8. The Morgan fingerprint density at radius 2 is 1.90 bits per heavy atom. The lowest BCUT2D eigenvalue weighted by molar-refractivity contribution is -0.140. The molecule has 1 aromatic heterocycles. The monoisotopic (exact) mass is 304 g/mol. The Labute approximate surface area is 117 Å². The highest BCUT2D eigenvalue weighted by molar-refractivity contribution is 7.12. The molecule has 1 atom stereocenters. The molecule has 0 saturated carbocycles. The minimum absolute atomic E-state index is 0.111. The van der Waals surface area contributed by atoms with Crippen LogP contribution in [0.1, 0.15) is 33.9 Å². The van der Waals surface area contributed by atoms with Crippen molar-refractivity contribution in [1.82, 2.24) is 0 Å². The molecule has 0 saturated heterocycles. The molecule has 0 aliphatic heterocycles. The van der Waals surface area contributed by atoms with E-state index in [1.807, 2.05) is 13.0 Å². The number of hydrogen-bond acceptors (Lipinski definition) is 2. The third-order valence-corrected chi connectivity index (χ3v) is 4.20. The van der Waals surface area contributed by atoms with E-state index in [4.69, 9.17) is 0 Å². The van der Waals surface area contributed by atoms with Crippen molar-refractivity contribution in [2.24, 2.45) is 0 Å². The van der Waals surface area contributed by atoms with E-state index in [1.165, 1.54) is 11.3 Å². The summed E-state index contributed by atoms with van der Waals surface area (Å²) >= 11 is 1.36. The van der Waals surface area contributed by atoms with Gasteiger partial charge in [0, 0.05) is 9.75 Å². The van der Waals surface area contributed by atoms with Crippen molar-refractivity contribution >= 4 is 11.3 Å². The highest BCUT2D eigenvalue weighted by Crippen LogP contribution is 2.34. The lowest BCUT2D eigenvalue weighted by atomic mass is 10.0. The second-order valence-electron chi connectivity index (χ2n) is 4.30. The quantitative estimate of drug-likeness (QED) is 0.825. The molecule has 1 N–H and O–H groups in total. The van der Waals surface area contributed by atoms with Crippen LogP contribution in [0.3, 0.4) is 0 Å². The van der Waals surface area contributed by atoms with Crippen molar-refractivity contribution in [1.29, 1.82) is 0 Å². The van der Waals surface area contributed by atoms with E-state index in [9.17, 15) is 22.7 Å². The molecule has 0 fully saturated rings. The highest BCUT2D eigenvalue weighted by atomic mass is 32.1. The van der Waals surface area contributed by atoms with Crippen LogP contribution in [0.2, 0.25) is 0 Å². The Kier molecular flexibility index (Phi) is 4.15. The van der Waals surface area contributed by atoms with Gasteiger partial charge in [-0.2, -0.15) is 13.2 Å². The van der Waals surface area contributed by atoms with Crippen LogP contribution >= 0.6 is 11.3 Å². The summed E-state index contributed by atoms with van der Waals surface area (Å²) in [6.45, 7) is 1.96. The zero-order valence-electron chi connectivity index (χ0n) is 10.5. The largest absolute Gasteiger partial charge is 0.419 e. The summed E-state index contributed by atoms with van der Waals surface area (Å²) in [7, 11) is 0. The number of thiophene rings is 1. The molecule has 1 unspecified atom stereocenters. The van der Waals surface area contributed by atoms with Gasteiger partial charge in [-0.15, -0.1) is 11.3 Å². The first kappa shape index (κ1) is 15.0. The van der Waals surface area contributed by atoms with Gasteiger partial charge in [0.05, 0.1) is 5.56 Å². The molecule has 20 heavy (non-hydrogen) atoms. The molecule has 1 heterocycles. The van der Waals surface area contributed by atoms with E-state index in [-0.39, 0.29) is 5.56 Å². The lowest BCUT2D eigenvalue weighted by Gasteiger charge is -2.12. The Bertz CT molecular complexity index is 603. The molecular formula is C14H12F4OS. The van der Waals surface area contributed by atoms with Crippen LogP contribution < -0.4 is 0 Å². The predicted octanol–water partition coefficient (Wildman–Crippen LogP) is 4.55. The topological polar surface area (TPSA) is 20.2 Å². The van der Waals surface area contributed by atoms with E-state index in [0.717, 1.165) is 23.4 Å². The zero-order valence-corrected chi connectivity index (χ0v) is 11.4. The normalized spacial score (nSPS) is 13.5. The van der Waals surface area contributed by atoms with Gasteiger partial charge in [-0.25, -0.2) is 4.39 Å². The lowest BCUT2D eigenvalue weighted by Crippen LogP contribution is -2.09. The summed E-state index contributed by atoms with van der Waals surface area (Å²) in [5.74, 6) is -1.37. The Morgan fingerprint density at radius 3 is 2.40 bits per heavy atom. The smallest absolute Gasteiger partial charge is 0.383 e. The van der Waals surface area contributed by atoms with Crippen LogP contribution in [0, 0.1) is 5.82 Å². The SMILES string of the molecule is CCc1ccc(C(O)c2ccc(C(F)(F)F)c(F)c2)s1. The number of halogens is 4. The van der Waals surface area contributed by atoms with Crippen LogP contribution in [0.15, 0.2) is 30.3 Å². The first-order valence-corrected chi connectivity index (χ1v) is 6.78. The second kappa shape index (κ2) is 5.54. The Morgan fingerprint density at radius 1 is 1.20 bits per heavy atom. The number of aliphatic hydroxyl groups is 1. The number of benzene rings is 1. The highest BCUT2D eigenvalue weighted by Gasteiger charge is 2.34. The van der Waals surface area contributed by atoms with Gasteiger partial charge >= 0.3 is 6.18 Å². The van der Waals surface area contributed by atoms with Crippen LogP contribution in [0.4, 0.5) is 17.6 Å². The maximum Gasteiger partial charge on any atom is 0.419 e. The number of aryl methyl sites for hydroxylation is 1. The van der Waals surface area contributed by atoms with Gasteiger partial charge in [-0.05, 0) is 36.2 Å². The average molecular weight is 304 g/mol. The van der Waals surface area contributed by atoms with Gasteiger partial charge < -0.3 is 5.11 Å². The molecule has 0 radical (unpaired) electrons. The molecule has 2 aromatic rings. The summed E-state index contributed by atoms with van der Waals surface area (Å²) in [6, 6.07) is 6.02. The van der Waals surface area contributed by atoms with Gasteiger partial charge in [0.2, 0.25) is 0 Å². The van der Waals surface area contributed by atoms with Crippen LogP contribution in [0.25, 0.3) is 0 Å². The van der Waals surface area contributed by atoms with Crippen LogP contribution in [0.5, 0.6) is 0 Å². The van der Waals surface area contributed by atoms with Crippen molar-refractivity contribution in [2.45, 2.75) is 25.6 Å². The summed E-state index contributed by atoms with van der Waals surface area (Å²) in [5.41, 5.74) is -1.21. The van der Waals surface area contributed by atoms with Gasteiger partial charge in [-0.1, -0.05) is 13.0 Å². The van der Waals surface area contributed by atoms with Crippen molar-refractivity contribution < 1.29 is 22.7 Å². The standard InChI is InChI=1S/C14H12F4OS/c1-2-9-4-6-12(20-9)13(19)8-3-5-10(11(15)7-8)14(16,17)18/h3-7,13,19H,2H2,1H3. The summed E-state index contributed by atoms with van der Waals surface area (Å²) in [5, 5.41) is 10.1. The number of alkyl halides is 3. The van der Waals surface area contributed by atoms with Gasteiger partial charge in [0.1, 0.15) is 11.9 Å². The Hall–Kier alpha value is -1.40. The Balaban J connectivity index is 2.31. The molecule has 1 nitrogen and oxygen atoms in total. The fourth-order valence-electron chi connectivity index (χ4n) is 1.83. The minimum Gasteiger partial charge on any atom is -0.383 e. The van der Waals surface area contributed by atoms with Gasteiger partial charge in [0.25, 0.3) is 0 Å². The van der Waals surface area contributed by atoms with Crippen molar-refractivity contribution in [3.05, 3.63) is 57.0 Å². The molecule has 0 aliphatic rings. The molecule has 0 amide bonds. The first-order chi connectivity index (χ1) is 9.32. The minimum atomic E-state index is -4.73. The van der Waals surface area contributed by atoms with Crippen molar-refractivity contribution in [2.75, 3.05) is 0 Å². The van der Waals surface area contributed by atoms with E-state index >= 15 is 0 Å². The average Bonchev–Trinajstić information content (AvgIpc) is 2.85. The molecule has 0 spiro atoms. The molecule has 6 heteroatoms. The van der Waals surface area contributed by atoms with E-state index in [1.54, 1.807) is 6.07 Å². The summed E-state index contributed by atoms with van der Waals surface area (Å²) in [4.78, 5) is 1.63. The van der Waals surface area contributed by atoms with E-state index < -0.39 is 23.7 Å². The maximum absolute atomic E-state index is 13.5. The third kappa shape index (κ3) is 3.02. The molecule has 0 aliphatic carbocycles. The number of rotatable bonds is 3. The van der Waals surface area contributed by atoms with Crippen molar-refractivity contribution in [3.8, 4) is 0 Å². The number of aliphatic hydroxyl groups excluding tert-OH is 1. The molecule has 108 valence electrons. The van der Waals surface area contributed by atoms with Gasteiger partial charge in [0.15, 0.2) is 0 Å². The summed E-state index contributed by atoms with van der Waals surface area (Å²) in [6.07, 6.45) is -5.04. The fraction of sp³-hybridized carbons (Fsp3) is 0.286. The molecular weight excluding hydrogens is 292 g/mol. The number of hydrogen-bond donors (Lipinski definition) is 1. The third-order valence-electron chi connectivity index (χ3n) is 2.91. The van der Waals surface area contributed by atoms with E-state index in [2.05, 4.69) is 0 Å². The molecule has 0 bridgehead atoms. The fourth-order valence-corrected chi connectivity index (χ4v) is 2.79. The van der Waals surface area contributed by atoms with E-state index in [0.29, 0.717) is 10.9 Å². The first-order valence-electron chi connectivity index (χ1n) is 5.96. The van der Waals surface area contributed by atoms with Crippen LogP contribution in [-0.2, 0) is 12.6 Å². The molecule has 1 aromatic carbocycles. The maximum atomic E-state index is 13.5. The van der Waals surface area contributed by atoms with Crippen LogP contribution in [-0.4, -0.2) is 5.11 Å². The van der Waals surface area contributed by atoms with Gasteiger partial charge in [-0.3, -0.25) is 0 Å². The second-order valence-corrected chi connectivity index (χ2v) is 5.50.